The van der Waals surface area contributed by atoms with Crippen LogP contribution in [0.3, 0.4) is 0 Å². The summed E-state index contributed by atoms with van der Waals surface area (Å²) in [6.07, 6.45) is 0.849. The molecule has 148 valence electrons. The van der Waals surface area contributed by atoms with E-state index < -0.39 is 0 Å². The predicted octanol–water partition coefficient (Wildman–Crippen LogP) is 0.747. The Balaban J connectivity index is 1.43. The minimum Gasteiger partial charge on any atom is -0.454 e. The number of amides is 2. The molecule has 0 spiro atoms. The number of rotatable bonds is 8. The smallest absolute Gasteiger partial charge is 0.279 e. The van der Waals surface area contributed by atoms with Crippen LogP contribution in [0, 0.1) is 0 Å². The van der Waals surface area contributed by atoms with E-state index in [0.717, 1.165) is 33.9 Å². The molecule has 0 saturated carbocycles. The average Bonchev–Trinajstić information content (AvgIpc) is 3.14. The molecule has 28 heavy (non-hydrogen) atoms. The normalized spacial score (nSPS) is 13.1. The summed E-state index contributed by atoms with van der Waals surface area (Å²) in [6.45, 7) is 3.11. The van der Waals surface area contributed by atoms with Crippen molar-refractivity contribution in [3.63, 3.8) is 0 Å². The van der Waals surface area contributed by atoms with Gasteiger partial charge in [-0.05, 0) is 35.7 Å². The van der Waals surface area contributed by atoms with Crippen molar-refractivity contribution >= 4 is 17.5 Å². The fraction of sp³-hybridized carbons (Fsp3) is 0.333. The molecule has 0 bridgehead atoms. The average molecular weight is 384 g/mol. The van der Waals surface area contributed by atoms with Crippen LogP contribution in [0.5, 0.6) is 11.5 Å². The van der Waals surface area contributed by atoms with Crippen LogP contribution in [0.4, 0.5) is 5.69 Å². The Labute approximate surface area is 164 Å². The van der Waals surface area contributed by atoms with E-state index in [1.165, 1.54) is 0 Å². The Bertz CT molecular complexity index is 853. The summed E-state index contributed by atoms with van der Waals surface area (Å²) in [5, 5.41) is 5.80. The summed E-state index contributed by atoms with van der Waals surface area (Å²) < 4.78 is 10.6. The van der Waals surface area contributed by atoms with Gasteiger partial charge in [-0.2, -0.15) is 0 Å². The highest BCUT2D eigenvalue weighted by Gasteiger charge is 2.16. The molecular formula is C21H26N3O4+. The third-order valence-electron chi connectivity index (χ3n) is 4.52. The second-order valence-electron chi connectivity index (χ2n) is 6.83. The molecule has 2 aromatic carbocycles. The Morgan fingerprint density at radius 3 is 2.61 bits per heavy atom. The van der Waals surface area contributed by atoms with Crippen LogP contribution >= 0.6 is 0 Å². The van der Waals surface area contributed by atoms with Gasteiger partial charge in [0.15, 0.2) is 24.6 Å². The molecule has 7 heteroatoms. The third-order valence-corrected chi connectivity index (χ3v) is 4.52. The first kappa shape index (κ1) is 19.7. The summed E-state index contributed by atoms with van der Waals surface area (Å²) in [7, 11) is 1.82. The van der Waals surface area contributed by atoms with Crippen molar-refractivity contribution in [2.75, 3.05) is 32.2 Å². The Morgan fingerprint density at radius 2 is 1.79 bits per heavy atom. The molecule has 0 fully saturated rings. The number of benzene rings is 2. The van der Waals surface area contributed by atoms with Gasteiger partial charge < -0.3 is 25.0 Å². The lowest BCUT2D eigenvalue weighted by Gasteiger charge is -2.15. The van der Waals surface area contributed by atoms with E-state index in [0.29, 0.717) is 12.3 Å². The Morgan fingerprint density at radius 1 is 1.04 bits per heavy atom. The van der Waals surface area contributed by atoms with Crippen molar-refractivity contribution in [1.29, 1.82) is 0 Å². The van der Waals surface area contributed by atoms with Gasteiger partial charge in [-0.3, -0.25) is 9.59 Å². The maximum atomic E-state index is 12.3. The molecule has 3 rings (SSSR count). The van der Waals surface area contributed by atoms with Crippen molar-refractivity contribution in [2.45, 2.75) is 19.9 Å². The van der Waals surface area contributed by atoms with Crippen molar-refractivity contribution in [1.82, 2.24) is 5.32 Å². The maximum absolute atomic E-state index is 12.3. The number of quaternary nitrogens is 1. The fourth-order valence-electron chi connectivity index (χ4n) is 3.07. The molecule has 0 saturated heterocycles. The molecule has 1 atom stereocenters. The summed E-state index contributed by atoms with van der Waals surface area (Å²) in [4.78, 5) is 25.3. The minimum absolute atomic E-state index is 0.109. The first-order valence-corrected chi connectivity index (χ1v) is 9.39. The number of likely N-dealkylation sites (N-methyl/N-ethyl adjacent to an activating group) is 1. The highest BCUT2D eigenvalue weighted by Crippen LogP contribution is 2.32. The van der Waals surface area contributed by atoms with Gasteiger partial charge in [-0.15, -0.1) is 0 Å². The molecule has 3 N–H and O–H groups in total. The summed E-state index contributed by atoms with van der Waals surface area (Å²) in [5.41, 5.74) is 2.86. The number of anilines is 1. The van der Waals surface area contributed by atoms with E-state index in [-0.39, 0.29) is 31.7 Å². The summed E-state index contributed by atoms with van der Waals surface area (Å²) in [5.74, 6) is 1.19. The van der Waals surface area contributed by atoms with Crippen molar-refractivity contribution in [3.05, 3.63) is 53.6 Å². The molecule has 1 aliphatic rings. The first-order chi connectivity index (χ1) is 13.5. The standard InChI is InChI=1S/C21H25N3O4/c1-3-16-6-4-5-7-17(16)23-21(26)13-24(2)12-20(25)22-11-15-8-9-18-19(10-15)28-14-27-18/h4-10H,3,11-14H2,1-2H3,(H,22,25)(H,23,26)/p+1. The van der Waals surface area contributed by atoms with Gasteiger partial charge in [0.1, 0.15) is 0 Å². The number of hydrogen-bond donors (Lipinski definition) is 3. The topological polar surface area (TPSA) is 81.1 Å². The van der Waals surface area contributed by atoms with Crippen LogP contribution < -0.4 is 25.0 Å². The zero-order valence-corrected chi connectivity index (χ0v) is 16.2. The zero-order valence-electron chi connectivity index (χ0n) is 16.2. The fourth-order valence-corrected chi connectivity index (χ4v) is 3.07. The quantitative estimate of drug-likeness (QED) is 0.627. The number of aryl methyl sites for hydroxylation is 1. The lowest BCUT2D eigenvalue weighted by molar-refractivity contribution is -0.862. The number of ether oxygens (including phenoxy) is 2. The molecule has 0 radical (unpaired) electrons. The van der Waals surface area contributed by atoms with Gasteiger partial charge in [-0.1, -0.05) is 31.2 Å². The molecule has 1 aliphatic heterocycles. The molecule has 2 amide bonds. The van der Waals surface area contributed by atoms with Gasteiger partial charge in [0.25, 0.3) is 11.8 Å². The summed E-state index contributed by atoms with van der Waals surface area (Å²) in [6, 6.07) is 13.3. The molecule has 1 unspecified atom stereocenters. The van der Waals surface area contributed by atoms with Crippen LogP contribution in [-0.2, 0) is 22.6 Å². The lowest BCUT2D eigenvalue weighted by atomic mass is 10.1. The van der Waals surface area contributed by atoms with E-state index in [1.54, 1.807) is 0 Å². The second kappa shape index (κ2) is 9.23. The number of para-hydroxylation sites is 1. The molecular weight excluding hydrogens is 358 g/mol. The number of carbonyl (C=O) groups excluding carboxylic acids is 2. The van der Waals surface area contributed by atoms with Gasteiger partial charge in [-0.25, -0.2) is 0 Å². The summed E-state index contributed by atoms with van der Waals surface area (Å²) >= 11 is 0. The molecule has 0 aliphatic carbocycles. The van der Waals surface area contributed by atoms with Crippen LogP contribution in [0.15, 0.2) is 42.5 Å². The van der Waals surface area contributed by atoms with E-state index >= 15 is 0 Å². The van der Waals surface area contributed by atoms with E-state index in [2.05, 4.69) is 10.6 Å². The molecule has 1 heterocycles. The SMILES string of the molecule is CCc1ccccc1NC(=O)C[NH+](C)CC(=O)NCc1ccc2c(c1)OCO2. The predicted molar refractivity (Wildman–Crippen MR) is 105 cm³/mol. The van der Waals surface area contributed by atoms with Crippen molar-refractivity contribution in [3.8, 4) is 11.5 Å². The van der Waals surface area contributed by atoms with Gasteiger partial charge >= 0.3 is 0 Å². The van der Waals surface area contributed by atoms with E-state index in [1.807, 2.05) is 56.4 Å². The van der Waals surface area contributed by atoms with Crippen molar-refractivity contribution < 1.29 is 24.0 Å². The minimum atomic E-state index is -0.114. The Kier molecular flexibility index (Phi) is 6.49. The number of hydrogen-bond acceptors (Lipinski definition) is 4. The zero-order chi connectivity index (χ0) is 19.9. The van der Waals surface area contributed by atoms with Gasteiger partial charge in [0.05, 0.1) is 7.05 Å². The number of nitrogens with one attached hydrogen (secondary N) is 3. The number of carbonyl (C=O) groups is 2. The van der Waals surface area contributed by atoms with Crippen molar-refractivity contribution in [2.24, 2.45) is 0 Å². The van der Waals surface area contributed by atoms with Crippen LogP contribution in [0.25, 0.3) is 0 Å². The highest BCUT2D eigenvalue weighted by atomic mass is 16.7. The van der Waals surface area contributed by atoms with Gasteiger partial charge in [0.2, 0.25) is 6.79 Å². The largest absolute Gasteiger partial charge is 0.454 e. The Hall–Kier alpha value is -3.06. The molecule has 0 aromatic heterocycles. The number of fused-ring (bicyclic) bond motifs is 1. The maximum Gasteiger partial charge on any atom is 0.279 e. The lowest BCUT2D eigenvalue weighted by Crippen LogP contribution is -3.11. The highest BCUT2D eigenvalue weighted by molar-refractivity contribution is 5.92. The van der Waals surface area contributed by atoms with E-state index in [9.17, 15) is 9.59 Å². The van der Waals surface area contributed by atoms with E-state index in [4.69, 9.17) is 9.47 Å². The van der Waals surface area contributed by atoms with Crippen LogP contribution in [0.2, 0.25) is 0 Å². The monoisotopic (exact) mass is 384 g/mol. The molecule has 2 aromatic rings. The second-order valence-corrected chi connectivity index (χ2v) is 6.83. The van der Waals surface area contributed by atoms with Crippen LogP contribution in [0.1, 0.15) is 18.1 Å². The van der Waals surface area contributed by atoms with Gasteiger partial charge in [0, 0.05) is 12.2 Å². The van der Waals surface area contributed by atoms with Crippen LogP contribution in [-0.4, -0.2) is 38.7 Å². The first-order valence-electron chi connectivity index (χ1n) is 9.39. The third kappa shape index (κ3) is 5.23. The molecule has 7 nitrogen and oxygen atoms in total.